The van der Waals surface area contributed by atoms with Crippen LogP contribution in [0.2, 0.25) is 0 Å². The first-order valence-corrected chi connectivity index (χ1v) is 6.43. The standard InChI is InChI=1S/C15H21NO/c1-12(17)15-5-3-4-14(11-15)10-13-6-8-16(2)9-7-13/h3-5,11,13H,6-10H2,1-2H3. The van der Waals surface area contributed by atoms with Crippen LogP contribution in [-0.2, 0) is 6.42 Å². The Morgan fingerprint density at radius 1 is 1.35 bits per heavy atom. The van der Waals surface area contributed by atoms with Gasteiger partial charge in [-0.25, -0.2) is 0 Å². The highest BCUT2D eigenvalue weighted by atomic mass is 16.1. The third-order valence-corrected chi connectivity index (χ3v) is 3.70. The zero-order valence-corrected chi connectivity index (χ0v) is 10.8. The molecule has 2 nitrogen and oxygen atoms in total. The second kappa shape index (κ2) is 5.46. The lowest BCUT2D eigenvalue weighted by atomic mass is 9.90. The lowest BCUT2D eigenvalue weighted by molar-refractivity contribution is 0.101. The van der Waals surface area contributed by atoms with E-state index in [9.17, 15) is 4.79 Å². The summed E-state index contributed by atoms with van der Waals surface area (Å²) in [6, 6.07) is 8.10. The second-order valence-electron chi connectivity index (χ2n) is 5.21. The van der Waals surface area contributed by atoms with Crippen molar-refractivity contribution in [3.8, 4) is 0 Å². The Kier molecular flexibility index (Phi) is 3.95. The molecule has 1 heterocycles. The minimum absolute atomic E-state index is 0.162. The smallest absolute Gasteiger partial charge is 0.159 e. The molecular formula is C15H21NO. The van der Waals surface area contributed by atoms with Crippen molar-refractivity contribution in [2.24, 2.45) is 5.92 Å². The number of benzene rings is 1. The molecule has 0 N–H and O–H groups in total. The number of likely N-dealkylation sites (tertiary alicyclic amines) is 1. The number of Topliss-reactive ketones (excluding diaryl/α,β-unsaturated/α-hetero) is 1. The van der Waals surface area contributed by atoms with Gasteiger partial charge in [-0.2, -0.15) is 0 Å². The first-order chi connectivity index (χ1) is 8.15. The monoisotopic (exact) mass is 231 g/mol. The maximum absolute atomic E-state index is 11.3. The van der Waals surface area contributed by atoms with Gasteiger partial charge in [-0.3, -0.25) is 4.79 Å². The van der Waals surface area contributed by atoms with Crippen molar-refractivity contribution >= 4 is 5.78 Å². The fourth-order valence-electron chi connectivity index (χ4n) is 2.52. The predicted octanol–water partition coefficient (Wildman–Crippen LogP) is 2.77. The van der Waals surface area contributed by atoms with Crippen molar-refractivity contribution in [3.63, 3.8) is 0 Å². The van der Waals surface area contributed by atoms with E-state index in [-0.39, 0.29) is 5.78 Å². The van der Waals surface area contributed by atoms with Crippen LogP contribution in [0.4, 0.5) is 0 Å². The van der Waals surface area contributed by atoms with Crippen molar-refractivity contribution in [2.75, 3.05) is 20.1 Å². The molecule has 0 aliphatic carbocycles. The highest BCUT2D eigenvalue weighted by Gasteiger charge is 2.17. The third-order valence-electron chi connectivity index (χ3n) is 3.70. The van der Waals surface area contributed by atoms with Gasteiger partial charge in [0, 0.05) is 5.56 Å². The zero-order valence-electron chi connectivity index (χ0n) is 10.8. The summed E-state index contributed by atoms with van der Waals surface area (Å²) < 4.78 is 0. The molecule has 0 spiro atoms. The summed E-state index contributed by atoms with van der Waals surface area (Å²) in [6.07, 6.45) is 3.68. The number of carbonyl (C=O) groups excluding carboxylic acids is 1. The molecule has 0 saturated carbocycles. The Balaban J connectivity index is 1.98. The molecule has 0 atom stereocenters. The average Bonchev–Trinajstić information content (AvgIpc) is 2.32. The Morgan fingerprint density at radius 3 is 2.71 bits per heavy atom. The molecule has 0 aromatic heterocycles. The lowest BCUT2D eigenvalue weighted by Gasteiger charge is -2.29. The molecule has 0 bridgehead atoms. The lowest BCUT2D eigenvalue weighted by Crippen LogP contribution is -2.30. The maximum atomic E-state index is 11.3. The van der Waals surface area contributed by atoms with Gasteiger partial charge < -0.3 is 4.90 Å². The number of nitrogens with zero attached hydrogens (tertiary/aromatic N) is 1. The van der Waals surface area contributed by atoms with E-state index in [2.05, 4.69) is 24.1 Å². The van der Waals surface area contributed by atoms with E-state index in [1.54, 1.807) is 6.92 Å². The van der Waals surface area contributed by atoms with Crippen LogP contribution < -0.4 is 0 Å². The number of carbonyl (C=O) groups is 1. The van der Waals surface area contributed by atoms with Crippen LogP contribution in [-0.4, -0.2) is 30.8 Å². The van der Waals surface area contributed by atoms with E-state index >= 15 is 0 Å². The molecule has 92 valence electrons. The molecule has 1 saturated heterocycles. The third kappa shape index (κ3) is 3.40. The maximum Gasteiger partial charge on any atom is 0.159 e. The molecule has 2 rings (SSSR count). The van der Waals surface area contributed by atoms with Gasteiger partial charge in [0.15, 0.2) is 5.78 Å². The molecule has 2 heteroatoms. The predicted molar refractivity (Wildman–Crippen MR) is 70.4 cm³/mol. The number of ketones is 1. The number of hydrogen-bond donors (Lipinski definition) is 0. The van der Waals surface area contributed by atoms with E-state index in [1.165, 1.54) is 31.5 Å². The van der Waals surface area contributed by atoms with Crippen LogP contribution in [0.5, 0.6) is 0 Å². The van der Waals surface area contributed by atoms with Crippen molar-refractivity contribution in [1.82, 2.24) is 4.90 Å². The van der Waals surface area contributed by atoms with Crippen LogP contribution in [0.15, 0.2) is 24.3 Å². The van der Waals surface area contributed by atoms with Gasteiger partial charge in [0.1, 0.15) is 0 Å². The van der Waals surface area contributed by atoms with E-state index in [4.69, 9.17) is 0 Å². The Bertz CT molecular complexity index is 392. The van der Waals surface area contributed by atoms with Gasteiger partial charge in [-0.15, -0.1) is 0 Å². The molecule has 17 heavy (non-hydrogen) atoms. The molecule has 1 aromatic carbocycles. The number of piperidine rings is 1. The topological polar surface area (TPSA) is 20.3 Å². The first-order valence-electron chi connectivity index (χ1n) is 6.43. The van der Waals surface area contributed by atoms with Crippen molar-refractivity contribution in [1.29, 1.82) is 0 Å². The summed E-state index contributed by atoms with van der Waals surface area (Å²) in [7, 11) is 2.19. The fraction of sp³-hybridized carbons (Fsp3) is 0.533. The van der Waals surface area contributed by atoms with Crippen LogP contribution in [0, 0.1) is 5.92 Å². The summed E-state index contributed by atoms with van der Waals surface area (Å²) >= 11 is 0. The Labute approximate surface area is 104 Å². The molecular weight excluding hydrogens is 210 g/mol. The molecule has 0 unspecified atom stereocenters. The SMILES string of the molecule is CC(=O)c1cccc(CC2CCN(C)CC2)c1. The van der Waals surface area contributed by atoms with E-state index in [1.807, 2.05) is 12.1 Å². The summed E-state index contributed by atoms with van der Waals surface area (Å²) in [6.45, 7) is 4.04. The van der Waals surface area contributed by atoms with Gasteiger partial charge in [0.2, 0.25) is 0 Å². The molecule has 0 amide bonds. The summed E-state index contributed by atoms with van der Waals surface area (Å²) in [5.74, 6) is 0.948. The fourth-order valence-corrected chi connectivity index (χ4v) is 2.52. The van der Waals surface area contributed by atoms with Crippen LogP contribution in [0.3, 0.4) is 0 Å². The summed E-state index contributed by atoms with van der Waals surface area (Å²) in [4.78, 5) is 13.7. The van der Waals surface area contributed by atoms with Gasteiger partial charge in [-0.1, -0.05) is 18.2 Å². The summed E-state index contributed by atoms with van der Waals surface area (Å²) in [5, 5.41) is 0. The average molecular weight is 231 g/mol. The molecule has 1 aliphatic rings. The second-order valence-corrected chi connectivity index (χ2v) is 5.21. The minimum atomic E-state index is 0.162. The zero-order chi connectivity index (χ0) is 12.3. The highest BCUT2D eigenvalue weighted by Crippen LogP contribution is 2.21. The molecule has 1 aliphatic heterocycles. The van der Waals surface area contributed by atoms with Crippen molar-refractivity contribution in [3.05, 3.63) is 35.4 Å². The van der Waals surface area contributed by atoms with Crippen LogP contribution in [0.25, 0.3) is 0 Å². The van der Waals surface area contributed by atoms with Crippen LogP contribution in [0.1, 0.15) is 35.7 Å². The molecule has 0 radical (unpaired) electrons. The van der Waals surface area contributed by atoms with Crippen molar-refractivity contribution in [2.45, 2.75) is 26.2 Å². The van der Waals surface area contributed by atoms with Crippen LogP contribution >= 0.6 is 0 Å². The largest absolute Gasteiger partial charge is 0.306 e. The Hall–Kier alpha value is -1.15. The van der Waals surface area contributed by atoms with E-state index < -0.39 is 0 Å². The highest BCUT2D eigenvalue weighted by molar-refractivity contribution is 5.94. The van der Waals surface area contributed by atoms with Crippen molar-refractivity contribution < 1.29 is 4.79 Å². The Morgan fingerprint density at radius 2 is 2.06 bits per heavy atom. The van der Waals surface area contributed by atoms with Gasteiger partial charge in [0.25, 0.3) is 0 Å². The minimum Gasteiger partial charge on any atom is -0.306 e. The number of rotatable bonds is 3. The van der Waals surface area contributed by atoms with Gasteiger partial charge in [-0.05, 0) is 63.9 Å². The van der Waals surface area contributed by atoms with Gasteiger partial charge in [0.05, 0.1) is 0 Å². The quantitative estimate of drug-likeness (QED) is 0.746. The molecule has 1 aromatic rings. The molecule has 1 fully saturated rings. The van der Waals surface area contributed by atoms with E-state index in [0.29, 0.717) is 0 Å². The number of hydrogen-bond acceptors (Lipinski definition) is 2. The first kappa shape index (κ1) is 12.3. The normalized spacial score (nSPS) is 18.2. The summed E-state index contributed by atoms with van der Waals surface area (Å²) in [5.41, 5.74) is 2.16. The van der Waals surface area contributed by atoms with E-state index in [0.717, 1.165) is 17.9 Å². The van der Waals surface area contributed by atoms with Gasteiger partial charge >= 0.3 is 0 Å².